The second-order valence-corrected chi connectivity index (χ2v) is 7.32. The average molecular weight is 328 g/mol. The van der Waals surface area contributed by atoms with E-state index in [1.54, 1.807) is 0 Å². The van der Waals surface area contributed by atoms with Crippen LogP contribution in [-0.2, 0) is 11.2 Å². The van der Waals surface area contributed by atoms with Crippen molar-refractivity contribution in [1.82, 2.24) is 5.32 Å². The van der Waals surface area contributed by atoms with Gasteiger partial charge in [-0.3, -0.25) is 0 Å². The van der Waals surface area contributed by atoms with E-state index in [1.807, 2.05) is 18.2 Å². The summed E-state index contributed by atoms with van der Waals surface area (Å²) in [5.41, 5.74) is 1.37. The van der Waals surface area contributed by atoms with Crippen molar-refractivity contribution in [2.75, 3.05) is 13.7 Å². The summed E-state index contributed by atoms with van der Waals surface area (Å²) in [6.07, 6.45) is 7.07. The van der Waals surface area contributed by atoms with Crippen LogP contribution < -0.4 is 5.32 Å². The van der Waals surface area contributed by atoms with Gasteiger partial charge in [-0.2, -0.15) is 0 Å². The summed E-state index contributed by atoms with van der Waals surface area (Å²) < 4.78 is 6.04. The first-order valence-corrected chi connectivity index (χ1v) is 8.63. The third-order valence-electron chi connectivity index (χ3n) is 5.19. The Hall–Kier alpha value is -0.280. The van der Waals surface area contributed by atoms with Crippen LogP contribution in [0.15, 0.2) is 18.2 Å². The predicted molar refractivity (Wildman–Crippen MR) is 88.3 cm³/mol. The minimum absolute atomic E-state index is 0.196. The molecular weight excluding hydrogens is 305 g/mol. The van der Waals surface area contributed by atoms with Crippen LogP contribution in [0.3, 0.4) is 0 Å². The molecule has 1 spiro atoms. The van der Waals surface area contributed by atoms with Gasteiger partial charge < -0.3 is 10.1 Å². The highest BCUT2D eigenvalue weighted by atomic mass is 35.5. The van der Waals surface area contributed by atoms with Gasteiger partial charge in [-0.25, -0.2) is 0 Å². The number of hydrogen-bond acceptors (Lipinski definition) is 2. The summed E-state index contributed by atoms with van der Waals surface area (Å²) in [7, 11) is 2.05. The van der Waals surface area contributed by atoms with E-state index in [1.165, 1.54) is 31.2 Å². The number of halogens is 2. The zero-order valence-electron chi connectivity index (χ0n) is 12.5. The molecule has 1 aromatic carbocycles. The van der Waals surface area contributed by atoms with Gasteiger partial charge in [0.25, 0.3) is 0 Å². The van der Waals surface area contributed by atoms with Gasteiger partial charge in [0.2, 0.25) is 0 Å². The van der Waals surface area contributed by atoms with E-state index in [0.29, 0.717) is 17.0 Å². The Balaban J connectivity index is 1.69. The molecule has 1 aliphatic heterocycles. The topological polar surface area (TPSA) is 21.3 Å². The number of benzene rings is 1. The van der Waals surface area contributed by atoms with Gasteiger partial charge in [0.1, 0.15) is 0 Å². The van der Waals surface area contributed by atoms with Crippen molar-refractivity contribution in [3.8, 4) is 0 Å². The zero-order chi connectivity index (χ0) is 14.9. The zero-order valence-corrected chi connectivity index (χ0v) is 14.0. The quantitative estimate of drug-likeness (QED) is 0.880. The maximum absolute atomic E-state index is 6.33. The van der Waals surface area contributed by atoms with Crippen LogP contribution in [0.25, 0.3) is 0 Å². The molecule has 2 unspecified atom stereocenters. The highest BCUT2D eigenvalue weighted by Crippen LogP contribution is 2.45. The maximum Gasteiger partial charge on any atom is 0.0685 e. The summed E-state index contributed by atoms with van der Waals surface area (Å²) in [6, 6.07) is 6.26. The fraction of sp³-hybridized carbons (Fsp3) is 0.647. The van der Waals surface area contributed by atoms with Crippen LogP contribution in [0.5, 0.6) is 0 Å². The Morgan fingerprint density at radius 2 is 2.19 bits per heavy atom. The number of hydrogen-bond donors (Lipinski definition) is 1. The van der Waals surface area contributed by atoms with Crippen molar-refractivity contribution in [2.24, 2.45) is 5.92 Å². The normalized spacial score (nSPS) is 25.6. The molecule has 116 valence electrons. The molecule has 1 aliphatic carbocycles. The van der Waals surface area contributed by atoms with E-state index >= 15 is 0 Å². The van der Waals surface area contributed by atoms with E-state index in [0.717, 1.165) is 24.5 Å². The number of nitrogens with one attached hydrogen (secondary N) is 1. The van der Waals surface area contributed by atoms with Gasteiger partial charge >= 0.3 is 0 Å². The van der Waals surface area contributed by atoms with E-state index < -0.39 is 0 Å². The van der Waals surface area contributed by atoms with Crippen LogP contribution in [-0.4, -0.2) is 25.3 Å². The van der Waals surface area contributed by atoms with Gasteiger partial charge in [0.15, 0.2) is 0 Å². The number of rotatable bonds is 4. The molecule has 0 bridgehead atoms. The van der Waals surface area contributed by atoms with Gasteiger partial charge in [-0.15, -0.1) is 0 Å². The van der Waals surface area contributed by atoms with Gasteiger partial charge in [0.05, 0.1) is 5.60 Å². The van der Waals surface area contributed by atoms with Crippen molar-refractivity contribution in [3.05, 3.63) is 33.8 Å². The Labute approximate surface area is 137 Å². The molecule has 0 radical (unpaired) electrons. The molecule has 0 amide bonds. The molecule has 1 saturated carbocycles. The van der Waals surface area contributed by atoms with Crippen molar-refractivity contribution >= 4 is 23.2 Å². The van der Waals surface area contributed by atoms with Crippen molar-refractivity contribution in [1.29, 1.82) is 0 Å². The summed E-state index contributed by atoms with van der Waals surface area (Å²) in [6.45, 7) is 0.900. The lowest BCUT2D eigenvalue weighted by Crippen LogP contribution is -2.50. The van der Waals surface area contributed by atoms with Crippen LogP contribution in [0.2, 0.25) is 10.0 Å². The maximum atomic E-state index is 6.33. The minimum atomic E-state index is 0.196. The molecule has 2 fully saturated rings. The minimum Gasteiger partial charge on any atom is -0.375 e. The molecule has 3 rings (SSSR count). The monoisotopic (exact) mass is 327 g/mol. The largest absolute Gasteiger partial charge is 0.375 e. The molecule has 2 aliphatic rings. The Kier molecular flexibility index (Phi) is 4.80. The van der Waals surface area contributed by atoms with E-state index in [4.69, 9.17) is 27.9 Å². The smallest absolute Gasteiger partial charge is 0.0685 e. The Morgan fingerprint density at radius 3 is 2.81 bits per heavy atom. The highest BCUT2D eigenvalue weighted by molar-refractivity contribution is 6.35. The lowest BCUT2D eigenvalue weighted by molar-refractivity contribution is -0.146. The Morgan fingerprint density at radius 1 is 1.38 bits per heavy atom. The van der Waals surface area contributed by atoms with E-state index in [9.17, 15) is 0 Å². The summed E-state index contributed by atoms with van der Waals surface area (Å²) in [5.74, 6) is 0.663. The summed E-state index contributed by atoms with van der Waals surface area (Å²) in [4.78, 5) is 0. The van der Waals surface area contributed by atoms with Crippen LogP contribution in [0, 0.1) is 5.92 Å². The standard InChI is InChI=1S/C17H23Cl2NO/c1-20-16(9-12-3-4-14(18)10-15(12)19)13-5-8-21-17(11-13)6-2-7-17/h3-4,10,13,16,20H,2,5-9,11H2,1H3. The fourth-order valence-corrected chi connectivity index (χ4v) is 4.24. The Bertz CT molecular complexity index is 502. The van der Waals surface area contributed by atoms with Crippen molar-refractivity contribution in [2.45, 2.75) is 50.2 Å². The summed E-state index contributed by atoms with van der Waals surface area (Å²) in [5, 5.41) is 4.97. The van der Waals surface area contributed by atoms with E-state index in [2.05, 4.69) is 12.4 Å². The summed E-state index contributed by atoms with van der Waals surface area (Å²) >= 11 is 12.3. The first-order chi connectivity index (χ1) is 10.1. The molecular formula is C17H23Cl2NO. The van der Waals surface area contributed by atoms with Crippen molar-refractivity contribution in [3.63, 3.8) is 0 Å². The van der Waals surface area contributed by atoms with Crippen LogP contribution >= 0.6 is 23.2 Å². The molecule has 1 aromatic rings. The highest BCUT2D eigenvalue weighted by Gasteiger charge is 2.44. The van der Waals surface area contributed by atoms with Crippen LogP contribution in [0.4, 0.5) is 0 Å². The van der Waals surface area contributed by atoms with E-state index in [-0.39, 0.29) is 5.60 Å². The molecule has 1 saturated heterocycles. The first kappa shape index (κ1) is 15.6. The predicted octanol–water partition coefficient (Wildman–Crippen LogP) is 4.47. The van der Waals surface area contributed by atoms with Gasteiger partial charge in [-0.05, 0) is 69.2 Å². The lowest BCUT2D eigenvalue weighted by atomic mass is 9.70. The third-order valence-corrected chi connectivity index (χ3v) is 5.78. The van der Waals surface area contributed by atoms with Gasteiger partial charge in [0, 0.05) is 22.7 Å². The second kappa shape index (κ2) is 6.45. The fourth-order valence-electron chi connectivity index (χ4n) is 3.76. The van der Waals surface area contributed by atoms with Crippen molar-refractivity contribution < 1.29 is 4.74 Å². The van der Waals surface area contributed by atoms with Crippen LogP contribution in [0.1, 0.15) is 37.7 Å². The lowest BCUT2D eigenvalue weighted by Gasteiger charge is -2.48. The molecule has 4 heteroatoms. The second-order valence-electron chi connectivity index (χ2n) is 6.47. The molecule has 2 atom stereocenters. The first-order valence-electron chi connectivity index (χ1n) is 7.87. The molecule has 1 N–H and O–H groups in total. The molecule has 1 heterocycles. The molecule has 21 heavy (non-hydrogen) atoms. The average Bonchev–Trinajstić information content (AvgIpc) is 2.45. The number of ether oxygens (including phenoxy) is 1. The molecule has 0 aromatic heterocycles. The number of likely N-dealkylation sites (N-methyl/N-ethyl adjacent to an activating group) is 1. The molecule has 2 nitrogen and oxygen atoms in total. The SMILES string of the molecule is CNC(Cc1ccc(Cl)cc1Cl)C1CCOC2(CCC2)C1. The van der Waals surface area contributed by atoms with Gasteiger partial charge in [-0.1, -0.05) is 29.3 Å². The third kappa shape index (κ3) is 3.39.